The number of carbonyl (C=O) groups is 1. The first kappa shape index (κ1) is 16.4. The Morgan fingerprint density at radius 1 is 1.35 bits per heavy atom. The zero-order chi connectivity index (χ0) is 15.5. The average Bonchev–Trinajstić information content (AvgIpc) is 2.48. The van der Waals surface area contributed by atoms with Gasteiger partial charge in [0.2, 0.25) is 0 Å². The molecule has 20 heavy (non-hydrogen) atoms. The van der Waals surface area contributed by atoms with E-state index in [1.165, 1.54) is 0 Å². The molecular weight excluding hydrogens is 250 g/mol. The number of carboxylic acids is 1. The van der Waals surface area contributed by atoms with Crippen LogP contribution in [-0.2, 0) is 4.79 Å². The number of aliphatic carboxylic acids is 1. The van der Waals surface area contributed by atoms with Gasteiger partial charge >= 0.3 is 5.97 Å². The molecular formula is C17H25NO2. The first-order valence-electron chi connectivity index (χ1n) is 7.23. The Labute approximate surface area is 121 Å². The first-order chi connectivity index (χ1) is 9.30. The Bertz CT molecular complexity index is 507. The van der Waals surface area contributed by atoms with Gasteiger partial charge in [-0.2, -0.15) is 0 Å². The van der Waals surface area contributed by atoms with Gasteiger partial charge in [0.25, 0.3) is 0 Å². The molecule has 2 N–H and O–H groups in total. The second-order valence-corrected chi connectivity index (χ2v) is 5.80. The number of allylic oxidation sites excluding steroid dienone is 6. The largest absolute Gasteiger partial charge is 0.481 e. The molecule has 110 valence electrons. The Kier molecular flexibility index (Phi) is 5.09. The lowest BCUT2D eigenvalue weighted by Gasteiger charge is -2.24. The molecule has 0 bridgehead atoms. The van der Waals surface area contributed by atoms with Crippen molar-refractivity contribution in [2.45, 2.75) is 47.5 Å². The van der Waals surface area contributed by atoms with E-state index in [4.69, 9.17) is 10.5 Å². The van der Waals surface area contributed by atoms with Crippen LogP contribution in [-0.4, -0.2) is 16.8 Å². The molecule has 0 saturated carbocycles. The van der Waals surface area contributed by atoms with E-state index in [0.29, 0.717) is 18.6 Å². The lowest BCUT2D eigenvalue weighted by molar-refractivity contribution is -0.141. The predicted octanol–water partition coefficient (Wildman–Crippen LogP) is 4.37. The second kappa shape index (κ2) is 6.21. The summed E-state index contributed by atoms with van der Waals surface area (Å²) in [5.74, 6) is -1.25. The Morgan fingerprint density at radius 2 is 1.95 bits per heavy atom. The summed E-state index contributed by atoms with van der Waals surface area (Å²) in [5.41, 5.74) is 3.46. The fraction of sp³-hybridized carbons (Fsp3) is 0.529. The minimum atomic E-state index is -0.801. The van der Waals surface area contributed by atoms with Crippen molar-refractivity contribution >= 4 is 11.7 Å². The van der Waals surface area contributed by atoms with E-state index in [2.05, 4.69) is 26.0 Å². The number of carboxylic acid groups (broad SMARTS) is 1. The molecule has 1 atom stereocenters. The third-order valence-corrected chi connectivity index (χ3v) is 3.59. The molecule has 3 heteroatoms. The Hall–Kier alpha value is -1.64. The highest BCUT2D eigenvalue weighted by Gasteiger charge is 2.31. The molecule has 0 saturated heterocycles. The van der Waals surface area contributed by atoms with E-state index < -0.39 is 11.9 Å². The maximum absolute atomic E-state index is 11.1. The lowest BCUT2D eigenvalue weighted by atomic mass is 9.80. The SMILES string of the molecule is CC.CC1=CC(C)(C)C=CC2=C1C(=N)CC(C(=O)O)C2. The second-order valence-electron chi connectivity index (χ2n) is 5.80. The molecule has 2 rings (SSSR count). The van der Waals surface area contributed by atoms with Crippen LogP contribution in [0.15, 0.2) is 34.9 Å². The molecule has 0 amide bonds. The van der Waals surface area contributed by atoms with Crippen molar-refractivity contribution in [1.82, 2.24) is 0 Å². The molecule has 0 aromatic carbocycles. The van der Waals surface area contributed by atoms with Gasteiger partial charge in [-0.1, -0.05) is 45.9 Å². The minimum Gasteiger partial charge on any atom is -0.481 e. The van der Waals surface area contributed by atoms with Gasteiger partial charge in [-0.15, -0.1) is 0 Å². The number of hydrogen-bond donors (Lipinski definition) is 2. The first-order valence-corrected chi connectivity index (χ1v) is 7.23. The summed E-state index contributed by atoms with van der Waals surface area (Å²) in [5, 5.41) is 17.2. The standard InChI is InChI=1S/C15H19NO2.C2H6/c1-9-8-15(2,3)5-4-10-6-11(14(17)18)7-12(16)13(9)10;1-2/h4-5,8,11,16H,6-7H2,1-3H3,(H,17,18);1-2H3. The van der Waals surface area contributed by atoms with E-state index in [0.717, 1.165) is 16.7 Å². The van der Waals surface area contributed by atoms with Crippen LogP contribution in [0, 0.1) is 16.7 Å². The van der Waals surface area contributed by atoms with Crippen molar-refractivity contribution in [2.75, 3.05) is 0 Å². The van der Waals surface area contributed by atoms with Crippen LogP contribution in [0.4, 0.5) is 0 Å². The van der Waals surface area contributed by atoms with Crippen LogP contribution >= 0.6 is 0 Å². The van der Waals surface area contributed by atoms with Gasteiger partial charge in [-0.3, -0.25) is 4.79 Å². The summed E-state index contributed by atoms with van der Waals surface area (Å²) in [7, 11) is 0. The smallest absolute Gasteiger partial charge is 0.307 e. The lowest BCUT2D eigenvalue weighted by Crippen LogP contribution is -2.24. The summed E-state index contributed by atoms with van der Waals surface area (Å²) in [4.78, 5) is 11.1. The maximum atomic E-state index is 11.1. The highest BCUT2D eigenvalue weighted by atomic mass is 16.4. The van der Waals surface area contributed by atoms with E-state index in [-0.39, 0.29) is 5.41 Å². The highest BCUT2D eigenvalue weighted by Crippen LogP contribution is 2.37. The van der Waals surface area contributed by atoms with Gasteiger partial charge in [0.1, 0.15) is 0 Å². The fourth-order valence-electron chi connectivity index (χ4n) is 2.79. The van der Waals surface area contributed by atoms with Crippen LogP contribution in [0.5, 0.6) is 0 Å². The molecule has 2 aliphatic rings. The quantitative estimate of drug-likeness (QED) is 0.746. The summed E-state index contributed by atoms with van der Waals surface area (Å²) in [6.45, 7) is 10.2. The molecule has 1 unspecified atom stereocenters. The summed E-state index contributed by atoms with van der Waals surface area (Å²) in [6.07, 6.45) is 7.13. The normalized spacial score (nSPS) is 24.1. The van der Waals surface area contributed by atoms with Crippen LogP contribution < -0.4 is 0 Å². The maximum Gasteiger partial charge on any atom is 0.307 e. The van der Waals surface area contributed by atoms with Crippen molar-refractivity contribution in [3.8, 4) is 0 Å². The molecule has 0 aromatic rings. The summed E-state index contributed by atoms with van der Waals surface area (Å²) < 4.78 is 0. The molecule has 0 fully saturated rings. The van der Waals surface area contributed by atoms with Crippen molar-refractivity contribution in [3.63, 3.8) is 0 Å². The zero-order valence-electron chi connectivity index (χ0n) is 13.1. The van der Waals surface area contributed by atoms with Gasteiger partial charge in [-0.25, -0.2) is 0 Å². The molecule has 3 nitrogen and oxygen atoms in total. The molecule has 0 heterocycles. The van der Waals surface area contributed by atoms with E-state index in [1.54, 1.807) is 0 Å². The topological polar surface area (TPSA) is 61.2 Å². The van der Waals surface area contributed by atoms with Gasteiger partial charge in [0.05, 0.1) is 5.92 Å². The molecule has 0 radical (unpaired) electrons. The Balaban J connectivity index is 0.000000956. The van der Waals surface area contributed by atoms with Gasteiger partial charge in [0.15, 0.2) is 0 Å². The zero-order valence-corrected chi connectivity index (χ0v) is 13.1. The van der Waals surface area contributed by atoms with E-state index >= 15 is 0 Å². The van der Waals surface area contributed by atoms with E-state index in [9.17, 15) is 4.79 Å². The third-order valence-electron chi connectivity index (χ3n) is 3.59. The predicted molar refractivity (Wildman–Crippen MR) is 83.1 cm³/mol. The van der Waals surface area contributed by atoms with Crippen LogP contribution in [0.25, 0.3) is 0 Å². The van der Waals surface area contributed by atoms with Crippen molar-refractivity contribution in [1.29, 1.82) is 5.41 Å². The van der Waals surface area contributed by atoms with Crippen LogP contribution in [0.3, 0.4) is 0 Å². The Morgan fingerprint density at radius 3 is 2.50 bits per heavy atom. The van der Waals surface area contributed by atoms with Crippen molar-refractivity contribution < 1.29 is 9.90 Å². The summed E-state index contributed by atoms with van der Waals surface area (Å²) >= 11 is 0. The molecule has 0 aliphatic heterocycles. The van der Waals surface area contributed by atoms with E-state index in [1.807, 2.05) is 26.8 Å². The van der Waals surface area contributed by atoms with Crippen molar-refractivity contribution in [3.05, 3.63) is 34.9 Å². The van der Waals surface area contributed by atoms with Crippen LogP contribution in [0.2, 0.25) is 0 Å². The number of hydrogen-bond acceptors (Lipinski definition) is 2. The third kappa shape index (κ3) is 3.47. The average molecular weight is 275 g/mol. The monoisotopic (exact) mass is 275 g/mol. The molecule has 0 aromatic heterocycles. The fourth-order valence-corrected chi connectivity index (χ4v) is 2.79. The molecule has 0 spiro atoms. The van der Waals surface area contributed by atoms with Crippen molar-refractivity contribution in [2.24, 2.45) is 11.3 Å². The highest BCUT2D eigenvalue weighted by molar-refractivity contribution is 6.05. The van der Waals surface area contributed by atoms with Crippen LogP contribution in [0.1, 0.15) is 47.5 Å². The number of nitrogens with one attached hydrogen (secondary N) is 1. The minimum absolute atomic E-state index is 0.0412. The van der Waals surface area contributed by atoms with Gasteiger partial charge in [-0.05, 0) is 24.5 Å². The van der Waals surface area contributed by atoms with Gasteiger partial charge in [0, 0.05) is 23.1 Å². The summed E-state index contributed by atoms with van der Waals surface area (Å²) in [6, 6.07) is 0. The number of rotatable bonds is 1. The van der Waals surface area contributed by atoms with Gasteiger partial charge < -0.3 is 10.5 Å². The molecule has 2 aliphatic carbocycles.